The van der Waals surface area contributed by atoms with Crippen LogP contribution in [-0.2, 0) is 0 Å². The Hall–Kier alpha value is -0.140. The van der Waals surface area contributed by atoms with Gasteiger partial charge in [-0.15, -0.1) is 24.8 Å². The molecule has 0 aliphatic carbocycles. The molecule has 1 saturated heterocycles. The predicted molar refractivity (Wildman–Crippen MR) is 92.3 cm³/mol. The van der Waals surface area contributed by atoms with E-state index in [1.807, 2.05) is 6.92 Å². The monoisotopic (exact) mass is 420 g/mol. The highest BCUT2D eigenvalue weighted by Gasteiger charge is 2.29. The Labute approximate surface area is 150 Å². The normalized spacial score (nSPS) is 16.5. The summed E-state index contributed by atoms with van der Waals surface area (Å²) < 4.78 is 28.0. The number of aromatic hydroxyl groups is 1. The van der Waals surface area contributed by atoms with Crippen LogP contribution in [0.4, 0.5) is 8.78 Å². The summed E-state index contributed by atoms with van der Waals surface area (Å²) in [7, 11) is 0. The van der Waals surface area contributed by atoms with Crippen molar-refractivity contribution in [1.82, 2.24) is 10.2 Å². The molecule has 0 radical (unpaired) electrons. The Morgan fingerprint density at radius 3 is 2.45 bits per heavy atom. The zero-order chi connectivity index (χ0) is 14.7. The maximum Gasteiger partial charge on any atom is 0.167 e. The van der Waals surface area contributed by atoms with Crippen LogP contribution < -0.4 is 5.32 Å². The molecule has 22 heavy (non-hydrogen) atoms. The number of phenolic OH excluding ortho intramolecular Hbond substituents is 1. The van der Waals surface area contributed by atoms with Crippen LogP contribution in [0.15, 0.2) is 10.5 Å². The van der Waals surface area contributed by atoms with Crippen LogP contribution in [0.5, 0.6) is 5.75 Å². The third kappa shape index (κ3) is 4.68. The number of piperazine rings is 1. The molecule has 2 rings (SSSR count). The summed E-state index contributed by atoms with van der Waals surface area (Å²) in [6.07, 6.45) is 1.52. The number of benzene rings is 1. The fourth-order valence-corrected chi connectivity index (χ4v) is 3.10. The van der Waals surface area contributed by atoms with Gasteiger partial charge in [0.15, 0.2) is 11.6 Å². The first-order valence-corrected chi connectivity index (χ1v) is 7.66. The van der Waals surface area contributed by atoms with Gasteiger partial charge < -0.3 is 10.4 Å². The molecule has 2 N–H and O–H groups in total. The van der Waals surface area contributed by atoms with Crippen molar-refractivity contribution in [2.75, 3.05) is 26.2 Å². The van der Waals surface area contributed by atoms with E-state index in [-0.39, 0.29) is 46.6 Å². The lowest BCUT2D eigenvalue weighted by Gasteiger charge is -2.35. The van der Waals surface area contributed by atoms with E-state index in [1.54, 1.807) is 0 Å². The molecule has 0 spiro atoms. The zero-order valence-corrected chi connectivity index (χ0v) is 15.5. The SMILES string of the molecule is CCC[C@H](c1c(O)c(Br)cc(F)c1F)N1CCNCC1.Cl.Cl. The molecule has 1 heterocycles. The molecule has 0 saturated carbocycles. The summed E-state index contributed by atoms with van der Waals surface area (Å²) in [6.45, 7) is 5.16. The third-order valence-corrected chi connectivity index (χ3v) is 4.27. The van der Waals surface area contributed by atoms with Crippen molar-refractivity contribution >= 4 is 40.7 Å². The van der Waals surface area contributed by atoms with Crippen LogP contribution in [0.1, 0.15) is 31.4 Å². The number of hydrogen-bond donors (Lipinski definition) is 2. The highest BCUT2D eigenvalue weighted by Crippen LogP contribution is 2.39. The minimum Gasteiger partial charge on any atom is -0.506 e. The van der Waals surface area contributed by atoms with E-state index >= 15 is 0 Å². The van der Waals surface area contributed by atoms with Crippen LogP contribution in [0.3, 0.4) is 0 Å². The molecule has 1 aromatic rings. The summed E-state index contributed by atoms with van der Waals surface area (Å²) >= 11 is 3.09. The van der Waals surface area contributed by atoms with Gasteiger partial charge >= 0.3 is 0 Å². The standard InChI is InChI=1S/C14H19BrF2N2O.2ClH/c1-2-3-11(19-6-4-18-5-7-19)12-13(17)10(16)8-9(15)14(12)20;;/h8,11,18,20H,2-7H2,1H3;2*1H/t11-;;/m1../s1. The number of rotatable bonds is 4. The maximum atomic E-state index is 14.2. The number of nitrogens with one attached hydrogen (secondary N) is 1. The van der Waals surface area contributed by atoms with Gasteiger partial charge in [-0.2, -0.15) is 0 Å². The molecule has 0 unspecified atom stereocenters. The topological polar surface area (TPSA) is 35.5 Å². The van der Waals surface area contributed by atoms with Crippen molar-refractivity contribution < 1.29 is 13.9 Å². The van der Waals surface area contributed by atoms with Gasteiger partial charge in [-0.05, 0) is 28.4 Å². The molecule has 0 aromatic heterocycles. The van der Waals surface area contributed by atoms with Gasteiger partial charge in [-0.3, -0.25) is 4.90 Å². The quantitative estimate of drug-likeness (QED) is 0.720. The molecule has 128 valence electrons. The Balaban J connectivity index is 0.00000220. The fraction of sp³-hybridized carbons (Fsp3) is 0.571. The number of phenols is 1. The molecule has 1 aliphatic heterocycles. The Kier molecular flexibility index (Phi) is 9.82. The van der Waals surface area contributed by atoms with Crippen molar-refractivity contribution in [3.63, 3.8) is 0 Å². The molecule has 1 aliphatic rings. The minimum atomic E-state index is -0.942. The lowest BCUT2D eigenvalue weighted by molar-refractivity contribution is 0.157. The Morgan fingerprint density at radius 2 is 1.91 bits per heavy atom. The van der Waals surface area contributed by atoms with E-state index < -0.39 is 11.6 Å². The highest BCUT2D eigenvalue weighted by atomic mass is 79.9. The molecule has 0 amide bonds. The van der Waals surface area contributed by atoms with Gasteiger partial charge in [-0.25, -0.2) is 8.78 Å². The largest absolute Gasteiger partial charge is 0.506 e. The smallest absolute Gasteiger partial charge is 0.167 e. The van der Waals surface area contributed by atoms with Crippen LogP contribution in [-0.4, -0.2) is 36.2 Å². The van der Waals surface area contributed by atoms with E-state index in [0.717, 1.165) is 38.7 Å². The minimum absolute atomic E-state index is 0. The average Bonchev–Trinajstić information content (AvgIpc) is 2.45. The number of hydrogen-bond acceptors (Lipinski definition) is 3. The van der Waals surface area contributed by atoms with Crippen molar-refractivity contribution in [2.45, 2.75) is 25.8 Å². The van der Waals surface area contributed by atoms with Crippen LogP contribution in [0, 0.1) is 11.6 Å². The Morgan fingerprint density at radius 1 is 1.32 bits per heavy atom. The van der Waals surface area contributed by atoms with E-state index in [9.17, 15) is 13.9 Å². The summed E-state index contributed by atoms with van der Waals surface area (Å²) in [5.74, 6) is -2.07. The predicted octanol–water partition coefficient (Wildman–Crippen LogP) is 4.02. The van der Waals surface area contributed by atoms with Gasteiger partial charge in [0.1, 0.15) is 5.75 Å². The first-order valence-electron chi connectivity index (χ1n) is 6.87. The van der Waals surface area contributed by atoms with Gasteiger partial charge in [-0.1, -0.05) is 13.3 Å². The second kappa shape index (κ2) is 9.88. The molecule has 1 aromatic carbocycles. The van der Waals surface area contributed by atoms with Gasteiger partial charge in [0.05, 0.1) is 10.0 Å². The van der Waals surface area contributed by atoms with Crippen LogP contribution in [0.2, 0.25) is 0 Å². The van der Waals surface area contributed by atoms with Crippen LogP contribution in [0.25, 0.3) is 0 Å². The molecular formula is C14H21BrCl2F2N2O. The van der Waals surface area contributed by atoms with E-state index in [1.165, 1.54) is 0 Å². The first-order chi connectivity index (χ1) is 9.56. The summed E-state index contributed by atoms with van der Waals surface area (Å²) in [5, 5.41) is 13.4. The number of halogens is 5. The van der Waals surface area contributed by atoms with Gasteiger partial charge in [0, 0.05) is 32.2 Å². The van der Waals surface area contributed by atoms with Crippen LogP contribution >= 0.6 is 40.7 Å². The summed E-state index contributed by atoms with van der Waals surface area (Å²) in [5.41, 5.74) is 0.0700. The fourth-order valence-electron chi connectivity index (χ4n) is 2.69. The molecule has 3 nitrogen and oxygen atoms in total. The third-order valence-electron chi connectivity index (χ3n) is 3.67. The van der Waals surface area contributed by atoms with Crippen molar-refractivity contribution in [3.8, 4) is 5.75 Å². The van der Waals surface area contributed by atoms with Crippen molar-refractivity contribution in [3.05, 3.63) is 27.7 Å². The van der Waals surface area contributed by atoms with Gasteiger partial charge in [0.2, 0.25) is 0 Å². The lowest BCUT2D eigenvalue weighted by atomic mass is 9.98. The summed E-state index contributed by atoms with van der Waals surface area (Å²) in [6, 6.07) is 0.670. The van der Waals surface area contributed by atoms with E-state index in [4.69, 9.17) is 0 Å². The van der Waals surface area contributed by atoms with Crippen molar-refractivity contribution in [2.24, 2.45) is 0 Å². The van der Waals surface area contributed by atoms with E-state index in [0.29, 0.717) is 6.42 Å². The molecule has 0 bridgehead atoms. The Bertz CT molecular complexity index is 462. The average molecular weight is 422 g/mol. The molecule has 1 fully saturated rings. The molecule has 1 atom stereocenters. The summed E-state index contributed by atoms with van der Waals surface area (Å²) in [4.78, 5) is 2.10. The van der Waals surface area contributed by atoms with Crippen molar-refractivity contribution in [1.29, 1.82) is 0 Å². The lowest BCUT2D eigenvalue weighted by Crippen LogP contribution is -2.45. The highest BCUT2D eigenvalue weighted by molar-refractivity contribution is 9.10. The number of nitrogens with zero attached hydrogens (tertiary/aromatic N) is 1. The zero-order valence-electron chi connectivity index (χ0n) is 12.2. The second-order valence-corrected chi connectivity index (χ2v) is 5.86. The molecule has 8 heteroatoms. The first kappa shape index (κ1) is 21.9. The van der Waals surface area contributed by atoms with E-state index in [2.05, 4.69) is 26.1 Å². The molecular weight excluding hydrogens is 401 g/mol. The van der Waals surface area contributed by atoms with Gasteiger partial charge in [0.25, 0.3) is 0 Å². The maximum absolute atomic E-state index is 14.2. The second-order valence-electron chi connectivity index (χ2n) is 5.01.